The van der Waals surface area contributed by atoms with Crippen LogP contribution in [0, 0.1) is 0 Å². The van der Waals surface area contributed by atoms with Gasteiger partial charge in [-0.1, -0.05) is 0 Å². The van der Waals surface area contributed by atoms with Gasteiger partial charge in [-0.2, -0.15) is 0 Å². The van der Waals surface area contributed by atoms with Crippen LogP contribution >= 0.6 is 11.3 Å². The third-order valence-electron chi connectivity index (χ3n) is 2.47. The average Bonchev–Trinajstić information content (AvgIpc) is 2.95. The number of guanidine groups is 1. The molecule has 1 fully saturated rings. The van der Waals surface area contributed by atoms with Gasteiger partial charge in [-0.25, -0.2) is 9.98 Å². The molecule has 0 bridgehead atoms. The summed E-state index contributed by atoms with van der Waals surface area (Å²) < 4.78 is 1.16. The maximum atomic E-state index is 5.79. The van der Waals surface area contributed by atoms with Gasteiger partial charge >= 0.3 is 0 Å². The smallest absolute Gasteiger partial charge is 0.193 e. The van der Waals surface area contributed by atoms with Gasteiger partial charge in [0.05, 0.1) is 21.8 Å². The highest BCUT2D eigenvalue weighted by atomic mass is 32.1. The van der Waals surface area contributed by atoms with Crippen molar-refractivity contribution < 1.29 is 0 Å². The van der Waals surface area contributed by atoms with Crippen LogP contribution in [0.3, 0.4) is 0 Å². The summed E-state index contributed by atoms with van der Waals surface area (Å²) in [6.07, 6.45) is 2.33. The van der Waals surface area contributed by atoms with Crippen molar-refractivity contribution in [3.63, 3.8) is 0 Å². The van der Waals surface area contributed by atoms with E-state index >= 15 is 0 Å². The molecule has 0 aliphatic heterocycles. The zero-order valence-electron chi connectivity index (χ0n) is 8.68. The first-order valence-corrected chi connectivity index (χ1v) is 6.13. The first-order chi connectivity index (χ1) is 7.81. The third kappa shape index (κ3) is 1.99. The molecule has 0 radical (unpaired) electrons. The number of nitrogens with two attached hydrogens (primary N) is 1. The molecular formula is C11H12N4S. The summed E-state index contributed by atoms with van der Waals surface area (Å²) >= 11 is 1.62. The van der Waals surface area contributed by atoms with E-state index in [9.17, 15) is 0 Å². The van der Waals surface area contributed by atoms with E-state index in [-0.39, 0.29) is 0 Å². The quantitative estimate of drug-likeness (QED) is 0.616. The van der Waals surface area contributed by atoms with E-state index in [4.69, 9.17) is 5.73 Å². The molecule has 1 saturated carbocycles. The van der Waals surface area contributed by atoms with Gasteiger partial charge in [-0.3, -0.25) is 0 Å². The Morgan fingerprint density at radius 1 is 1.50 bits per heavy atom. The van der Waals surface area contributed by atoms with E-state index < -0.39 is 0 Å². The molecule has 4 nitrogen and oxygen atoms in total. The molecule has 3 N–H and O–H groups in total. The predicted molar refractivity (Wildman–Crippen MR) is 67.9 cm³/mol. The van der Waals surface area contributed by atoms with Crippen molar-refractivity contribution in [3.05, 3.63) is 23.7 Å². The van der Waals surface area contributed by atoms with Gasteiger partial charge in [-0.15, -0.1) is 11.3 Å². The highest BCUT2D eigenvalue weighted by Gasteiger charge is 2.20. The highest BCUT2D eigenvalue weighted by molar-refractivity contribution is 7.16. The van der Waals surface area contributed by atoms with Crippen molar-refractivity contribution in [2.75, 3.05) is 5.32 Å². The predicted octanol–water partition coefficient (Wildman–Crippen LogP) is 2.19. The lowest BCUT2D eigenvalue weighted by Gasteiger charge is -2.04. The van der Waals surface area contributed by atoms with Crippen molar-refractivity contribution in [2.24, 2.45) is 10.7 Å². The topological polar surface area (TPSA) is 63.3 Å². The molecular weight excluding hydrogens is 220 g/mol. The normalized spacial score (nSPS) is 16.6. The number of anilines is 1. The van der Waals surface area contributed by atoms with Crippen LogP contribution < -0.4 is 11.1 Å². The lowest BCUT2D eigenvalue weighted by Crippen LogP contribution is -2.22. The van der Waals surface area contributed by atoms with E-state index in [1.807, 2.05) is 23.7 Å². The first kappa shape index (κ1) is 9.59. The summed E-state index contributed by atoms with van der Waals surface area (Å²) in [5.41, 5.74) is 9.63. The highest BCUT2D eigenvalue weighted by Crippen LogP contribution is 2.24. The zero-order valence-corrected chi connectivity index (χ0v) is 9.50. The molecule has 0 atom stereocenters. The van der Waals surface area contributed by atoms with Crippen LogP contribution in [0.5, 0.6) is 0 Å². The second kappa shape index (κ2) is 3.75. The number of benzene rings is 1. The van der Waals surface area contributed by atoms with Crippen LogP contribution in [0.25, 0.3) is 10.2 Å². The van der Waals surface area contributed by atoms with Crippen molar-refractivity contribution >= 4 is 33.2 Å². The molecule has 16 heavy (non-hydrogen) atoms. The zero-order chi connectivity index (χ0) is 11.0. The number of rotatable bonds is 2. The monoisotopic (exact) mass is 232 g/mol. The van der Waals surface area contributed by atoms with Crippen molar-refractivity contribution in [1.29, 1.82) is 0 Å². The number of aromatic nitrogens is 1. The summed E-state index contributed by atoms with van der Waals surface area (Å²) in [4.78, 5) is 8.55. The molecule has 1 aromatic carbocycles. The van der Waals surface area contributed by atoms with Crippen molar-refractivity contribution in [2.45, 2.75) is 18.9 Å². The Hall–Kier alpha value is -1.62. The number of nitrogens with one attached hydrogen (secondary N) is 1. The van der Waals surface area contributed by atoms with E-state index in [0.717, 1.165) is 28.7 Å². The Labute approximate surface area is 97.2 Å². The second-order valence-electron chi connectivity index (χ2n) is 3.91. The molecule has 0 unspecified atom stereocenters. The standard InChI is InChI=1S/C11H12N4S/c12-11(14-7-1-2-7)15-8-3-4-9-10(5-8)16-6-13-9/h3-7H,1-2H2,(H3,12,14,15). The Morgan fingerprint density at radius 2 is 2.38 bits per heavy atom. The van der Waals surface area contributed by atoms with Gasteiger partial charge in [0.25, 0.3) is 0 Å². The molecule has 5 heteroatoms. The first-order valence-electron chi connectivity index (χ1n) is 5.25. The molecule has 0 amide bonds. The van der Waals surface area contributed by atoms with Crippen molar-refractivity contribution in [3.8, 4) is 0 Å². The number of aliphatic imine (C=N–C) groups is 1. The van der Waals surface area contributed by atoms with Gasteiger partial charge in [0.1, 0.15) is 0 Å². The molecule has 2 aromatic rings. The van der Waals surface area contributed by atoms with E-state index in [1.54, 1.807) is 11.3 Å². The van der Waals surface area contributed by atoms with Crippen LogP contribution in [0.2, 0.25) is 0 Å². The molecule has 0 saturated heterocycles. The van der Waals surface area contributed by atoms with Crippen LogP contribution in [0.1, 0.15) is 12.8 Å². The largest absolute Gasteiger partial charge is 0.370 e. The molecule has 1 aliphatic carbocycles. The van der Waals surface area contributed by atoms with E-state index in [1.165, 1.54) is 0 Å². The molecule has 0 spiro atoms. The fraction of sp³-hybridized carbons (Fsp3) is 0.273. The Bertz CT molecular complexity index is 542. The third-order valence-corrected chi connectivity index (χ3v) is 3.26. The lowest BCUT2D eigenvalue weighted by atomic mass is 10.3. The summed E-state index contributed by atoms with van der Waals surface area (Å²) in [5.74, 6) is 0.506. The Morgan fingerprint density at radius 3 is 3.19 bits per heavy atom. The molecule has 1 aliphatic rings. The van der Waals surface area contributed by atoms with Crippen LogP contribution in [0.4, 0.5) is 5.69 Å². The van der Waals surface area contributed by atoms with E-state index in [0.29, 0.717) is 12.0 Å². The fourth-order valence-electron chi connectivity index (χ4n) is 1.51. The minimum absolute atomic E-state index is 0.444. The second-order valence-corrected chi connectivity index (χ2v) is 4.79. The molecule has 1 heterocycles. The number of thiazole rings is 1. The molecule has 3 rings (SSSR count). The van der Waals surface area contributed by atoms with Gasteiger partial charge < -0.3 is 11.1 Å². The molecule has 1 aromatic heterocycles. The lowest BCUT2D eigenvalue weighted by molar-refractivity contribution is 1.06. The van der Waals surface area contributed by atoms with Crippen LogP contribution in [0.15, 0.2) is 28.7 Å². The van der Waals surface area contributed by atoms with Gasteiger partial charge in [-0.05, 0) is 31.0 Å². The summed E-state index contributed by atoms with van der Waals surface area (Å²) in [6, 6.07) is 6.44. The maximum absolute atomic E-state index is 5.79. The van der Waals surface area contributed by atoms with E-state index in [2.05, 4.69) is 15.3 Å². The summed E-state index contributed by atoms with van der Waals surface area (Å²) in [5, 5.41) is 3.10. The van der Waals surface area contributed by atoms with Gasteiger partial charge in [0.15, 0.2) is 5.96 Å². The van der Waals surface area contributed by atoms with Gasteiger partial charge in [0.2, 0.25) is 0 Å². The summed E-state index contributed by atoms with van der Waals surface area (Å²) in [6.45, 7) is 0. The number of nitrogens with zero attached hydrogens (tertiary/aromatic N) is 2. The fourth-order valence-corrected chi connectivity index (χ4v) is 2.23. The van der Waals surface area contributed by atoms with Crippen LogP contribution in [-0.2, 0) is 0 Å². The Kier molecular flexibility index (Phi) is 2.25. The minimum atomic E-state index is 0.444. The Balaban J connectivity index is 1.82. The maximum Gasteiger partial charge on any atom is 0.193 e. The van der Waals surface area contributed by atoms with Crippen LogP contribution in [-0.4, -0.2) is 17.0 Å². The minimum Gasteiger partial charge on any atom is -0.370 e. The molecule has 82 valence electrons. The average molecular weight is 232 g/mol. The number of hydrogen-bond donors (Lipinski definition) is 2. The summed E-state index contributed by atoms with van der Waals surface area (Å²) in [7, 11) is 0. The number of hydrogen-bond acceptors (Lipinski definition) is 3. The number of fused-ring (bicyclic) bond motifs is 1. The SMILES string of the molecule is NC(=NC1CC1)Nc1ccc2ncsc2c1. The van der Waals surface area contributed by atoms with Gasteiger partial charge in [0, 0.05) is 5.69 Å². The van der Waals surface area contributed by atoms with Crippen molar-refractivity contribution in [1.82, 2.24) is 4.98 Å².